The van der Waals surface area contributed by atoms with Gasteiger partial charge >= 0.3 is 0 Å². The molecule has 0 aliphatic rings. The van der Waals surface area contributed by atoms with Gasteiger partial charge in [-0.05, 0) is 23.6 Å². The van der Waals surface area contributed by atoms with E-state index in [1.165, 1.54) is 0 Å². The van der Waals surface area contributed by atoms with Gasteiger partial charge in [0.15, 0.2) is 0 Å². The van der Waals surface area contributed by atoms with E-state index in [0.717, 1.165) is 37.6 Å². The fourth-order valence-corrected chi connectivity index (χ4v) is 3.31. The lowest BCUT2D eigenvalue weighted by molar-refractivity contribution is 1.19. The lowest BCUT2D eigenvalue weighted by atomic mass is 10.2. The third-order valence-corrected chi connectivity index (χ3v) is 4.85. The van der Waals surface area contributed by atoms with E-state index in [2.05, 4.69) is 34.7 Å². The second-order valence-corrected chi connectivity index (χ2v) is 6.84. The van der Waals surface area contributed by atoms with Crippen LogP contribution in [0.25, 0.3) is 27.7 Å². The molecule has 3 nitrogen and oxygen atoms in total. The Hall–Kier alpha value is -2.82. The van der Waals surface area contributed by atoms with Gasteiger partial charge in [0.1, 0.15) is 5.65 Å². The van der Waals surface area contributed by atoms with Crippen LogP contribution in [0.1, 0.15) is 0 Å². The second-order valence-electron chi connectivity index (χ2n) is 5.95. The van der Waals surface area contributed by atoms with Crippen LogP contribution in [-0.2, 0) is 0 Å². The Labute approximate surface area is 167 Å². The van der Waals surface area contributed by atoms with Crippen molar-refractivity contribution in [3.63, 3.8) is 0 Å². The van der Waals surface area contributed by atoms with Crippen molar-refractivity contribution in [2.75, 3.05) is 0 Å². The molecule has 132 valence electrons. The van der Waals surface area contributed by atoms with Crippen molar-refractivity contribution >= 4 is 40.6 Å². The number of nitrogens with zero attached hydrogens (tertiary/aromatic N) is 3. The van der Waals surface area contributed by atoms with Crippen LogP contribution < -0.4 is 0 Å². The molecule has 0 unspecified atom stereocenters. The predicted octanol–water partition coefficient (Wildman–Crippen LogP) is 6.18. The van der Waals surface area contributed by atoms with Crippen molar-refractivity contribution in [2.45, 2.75) is 4.90 Å². The van der Waals surface area contributed by atoms with Crippen LogP contribution in [0.5, 0.6) is 0 Å². The highest BCUT2D eigenvalue weighted by atomic mass is 35.5. The molecule has 0 amide bonds. The first-order chi connectivity index (χ1) is 13.2. The Bertz CT molecular complexity index is 1130. The summed E-state index contributed by atoms with van der Waals surface area (Å²) >= 11 is 10.2. The van der Waals surface area contributed by atoms with Crippen molar-refractivity contribution in [3.8, 4) is 11.3 Å². The van der Waals surface area contributed by atoms with Gasteiger partial charge in [-0.2, -0.15) is 0 Å². The summed E-state index contributed by atoms with van der Waals surface area (Å²) in [4.78, 5) is 9.41. The Kier molecular flexibility index (Phi) is 5.10. The van der Waals surface area contributed by atoms with Gasteiger partial charge < -0.3 is 4.40 Å². The van der Waals surface area contributed by atoms with Gasteiger partial charge in [0.25, 0.3) is 0 Å². The molecule has 27 heavy (non-hydrogen) atoms. The molecular weight excluding hydrogens is 374 g/mol. The summed E-state index contributed by atoms with van der Waals surface area (Å²) < 4.78 is 2.03. The Morgan fingerprint density at radius 3 is 2.41 bits per heavy atom. The zero-order chi connectivity index (χ0) is 18.6. The summed E-state index contributed by atoms with van der Waals surface area (Å²) in [5.74, 6) is 0. The molecule has 3 heterocycles. The maximum atomic E-state index is 5.96. The molecule has 3 aromatic heterocycles. The van der Waals surface area contributed by atoms with Crippen LogP contribution in [0.3, 0.4) is 0 Å². The van der Waals surface area contributed by atoms with E-state index >= 15 is 0 Å². The van der Waals surface area contributed by atoms with Gasteiger partial charge in [-0.15, -0.1) is 12.6 Å². The number of hydrogen-bond acceptors (Lipinski definition) is 3. The van der Waals surface area contributed by atoms with E-state index in [4.69, 9.17) is 11.6 Å². The maximum Gasteiger partial charge on any atom is 0.137 e. The Morgan fingerprint density at radius 1 is 0.815 bits per heavy atom. The molecule has 0 fully saturated rings. The van der Waals surface area contributed by atoms with Crippen molar-refractivity contribution in [2.24, 2.45) is 0 Å². The lowest BCUT2D eigenvalue weighted by Gasteiger charge is -2.00. The minimum atomic E-state index is 0.718. The maximum absolute atomic E-state index is 5.96. The highest BCUT2D eigenvalue weighted by Crippen LogP contribution is 2.26. The lowest BCUT2D eigenvalue weighted by Crippen LogP contribution is -1.78. The van der Waals surface area contributed by atoms with Crippen LogP contribution in [0.15, 0.2) is 96.4 Å². The molecule has 5 heteroatoms. The Balaban J connectivity index is 0.000000137. The van der Waals surface area contributed by atoms with Gasteiger partial charge in [-0.25, -0.2) is 4.98 Å². The number of thiol groups is 1. The summed E-state index contributed by atoms with van der Waals surface area (Å²) in [5.41, 5.74) is 3.15. The summed E-state index contributed by atoms with van der Waals surface area (Å²) in [7, 11) is 0. The van der Waals surface area contributed by atoms with Gasteiger partial charge in [0.2, 0.25) is 0 Å². The first kappa shape index (κ1) is 17.6. The van der Waals surface area contributed by atoms with E-state index in [1.54, 1.807) is 12.4 Å². The van der Waals surface area contributed by atoms with E-state index in [9.17, 15) is 0 Å². The molecule has 0 radical (unpaired) electrons. The van der Waals surface area contributed by atoms with Crippen LogP contribution in [0.2, 0.25) is 5.02 Å². The molecule has 0 atom stereocenters. The molecule has 0 saturated heterocycles. The predicted molar refractivity (Wildman–Crippen MR) is 115 cm³/mol. The monoisotopic (exact) mass is 389 g/mol. The number of hydrogen-bond donors (Lipinski definition) is 1. The second kappa shape index (κ2) is 7.82. The van der Waals surface area contributed by atoms with Crippen molar-refractivity contribution < 1.29 is 0 Å². The van der Waals surface area contributed by atoms with Crippen LogP contribution in [-0.4, -0.2) is 14.4 Å². The third-order valence-electron chi connectivity index (χ3n) is 4.16. The van der Waals surface area contributed by atoms with Gasteiger partial charge in [-0.3, -0.25) is 4.98 Å². The van der Waals surface area contributed by atoms with Crippen LogP contribution in [0.4, 0.5) is 0 Å². The van der Waals surface area contributed by atoms with E-state index in [0.29, 0.717) is 0 Å². The van der Waals surface area contributed by atoms with Gasteiger partial charge in [0.05, 0.1) is 5.69 Å². The van der Waals surface area contributed by atoms with E-state index < -0.39 is 0 Å². The number of rotatable bonds is 1. The first-order valence-electron chi connectivity index (χ1n) is 8.43. The van der Waals surface area contributed by atoms with E-state index in [1.807, 2.05) is 71.4 Å². The quantitative estimate of drug-likeness (QED) is 0.347. The SMILES string of the molecule is Sc1cncc2c(Cl)cccc12.c1ccc(-c2cn3ccccc3n2)cc1. The number of pyridine rings is 2. The normalized spacial score (nSPS) is 10.6. The van der Waals surface area contributed by atoms with Crippen molar-refractivity contribution in [1.29, 1.82) is 0 Å². The minimum Gasteiger partial charge on any atom is -0.306 e. The highest BCUT2D eigenvalue weighted by Gasteiger charge is 2.02. The van der Waals surface area contributed by atoms with Crippen molar-refractivity contribution in [1.82, 2.24) is 14.4 Å². The first-order valence-corrected chi connectivity index (χ1v) is 9.25. The smallest absolute Gasteiger partial charge is 0.137 e. The molecule has 0 aliphatic carbocycles. The summed E-state index contributed by atoms with van der Waals surface area (Å²) in [6, 6.07) is 21.9. The number of aromatic nitrogens is 3. The topological polar surface area (TPSA) is 30.2 Å². The summed E-state index contributed by atoms with van der Waals surface area (Å²) in [6.45, 7) is 0. The summed E-state index contributed by atoms with van der Waals surface area (Å²) in [6.07, 6.45) is 7.51. The standard InChI is InChI=1S/C13H10N2.C9H6ClNS/c1-2-6-11(7-3-1)12-10-15-9-5-4-8-13(15)14-12;10-8-3-1-2-6-7(8)4-11-5-9(6)12/h1-10H;1-5,12H. The average Bonchev–Trinajstić information content (AvgIpc) is 3.15. The average molecular weight is 390 g/mol. The molecule has 0 aliphatic heterocycles. The molecule has 0 N–H and O–H groups in total. The van der Waals surface area contributed by atoms with Crippen molar-refractivity contribution in [3.05, 3.63) is 96.5 Å². The number of imidazole rings is 1. The highest BCUT2D eigenvalue weighted by molar-refractivity contribution is 7.80. The number of fused-ring (bicyclic) bond motifs is 2. The molecular formula is C22H16ClN3S. The molecule has 0 bridgehead atoms. The molecule has 0 saturated carbocycles. The minimum absolute atomic E-state index is 0.718. The molecule has 0 spiro atoms. The Morgan fingerprint density at radius 2 is 1.63 bits per heavy atom. The fourth-order valence-electron chi connectivity index (χ4n) is 2.83. The molecule has 5 rings (SSSR count). The zero-order valence-corrected chi connectivity index (χ0v) is 16.0. The zero-order valence-electron chi connectivity index (χ0n) is 14.3. The third kappa shape index (κ3) is 3.82. The van der Waals surface area contributed by atoms with Crippen LogP contribution >= 0.6 is 24.2 Å². The number of benzene rings is 2. The molecule has 5 aromatic rings. The van der Waals surface area contributed by atoms with Gasteiger partial charge in [0, 0.05) is 45.7 Å². The fraction of sp³-hybridized carbons (Fsp3) is 0. The number of halogens is 1. The van der Waals surface area contributed by atoms with Gasteiger partial charge in [-0.1, -0.05) is 60.1 Å². The largest absolute Gasteiger partial charge is 0.306 e. The molecule has 2 aromatic carbocycles. The van der Waals surface area contributed by atoms with E-state index in [-0.39, 0.29) is 0 Å². The summed E-state index contributed by atoms with van der Waals surface area (Å²) in [5, 5.41) is 2.71. The van der Waals surface area contributed by atoms with Crippen LogP contribution in [0, 0.1) is 0 Å².